The molecule has 3 atom stereocenters. The van der Waals surface area contributed by atoms with Gasteiger partial charge < -0.3 is 4.74 Å². The number of Topliss-reactive ketones (excluding diaryl/α,β-unsaturated/α-hetero) is 1. The smallest absolute Gasteiger partial charge is 0.338 e. The number of anilines is 1. The highest BCUT2D eigenvalue weighted by Gasteiger charge is 2.50. The Morgan fingerprint density at radius 3 is 2.31 bits per heavy atom. The number of esters is 1. The van der Waals surface area contributed by atoms with Crippen molar-refractivity contribution in [1.29, 1.82) is 0 Å². The van der Waals surface area contributed by atoms with Crippen molar-refractivity contribution in [1.82, 2.24) is 0 Å². The van der Waals surface area contributed by atoms with E-state index in [-0.39, 0.29) is 40.9 Å². The van der Waals surface area contributed by atoms with Gasteiger partial charge in [-0.2, -0.15) is 0 Å². The zero-order valence-corrected chi connectivity index (χ0v) is 19.8. The number of ketones is 1. The maximum atomic E-state index is 13.0. The molecule has 0 N–H and O–H groups in total. The number of rotatable bonds is 6. The number of hydrogen-bond acceptors (Lipinski definition) is 5. The fraction of sp³-hybridized carbons (Fsp3) is 0.200. The van der Waals surface area contributed by atoms with Gasteiger partial charge in [0.2, 0.25) is 11.8 Å². The number of carbonyl (C=O) groups excluding carboxylic acids is 4. The first-order valence-electron chi connectivity index (χ1n) is 11.9. The van der Waals surface area contributed by atoms with Crippen LogP contribution in [0, 0.1) is 17.8 Å². The predicted octanol–water partition coefficient (Wildman–Crippen LogP) is 5.09. The van der Waals surface area contributed by atoms with Gasteiger partial charge in [-0.05, 0) is 41.7 Å². The summed E-state index contributed by atoms with van der Waals surface area (Å²) in [6.45, 7) is 1.52. The Hall–Kier alpha value is -4.32. The van der Waals surface area contributed by atoms with Gasteiger partial charge in [-0.3, -0.25) is 19.3 Å². The molecule has 1 aliphatic heterocycles. The summed E-state index contributed by atoms with van der Waals surface area (Å²) in [5, 5.41) is 0. The maximum Gasteiger partial charge on any atom is 0.338 e. The first kappa shape index (κ1) is 23.4. The highest BCUT2D eigenvalue weighted by molar-refractivity contribution is 6.22. The SMILES string of the molecule is C[C@@H]1C=CC[C@H]2C(=O)N(c3cccc(C(=O)OCC(=O)c4ccc(-c5ccccc5)cc4)c3)C(=O)[C@@H]12. The number of hydrogen-bond donors (Lipinski definition) is 0. The van der Waals surface area contributed by atoms with E-state index in [9.17, 15) is 19.2 Å². The van der Waals surface area contributed by atoms with Crippen molar-refractivity contribution in [3.63, 3.8) is 0 Å². The highest BCUT2D eigenvalue weighted by Crippen LogP contribution is 2.40. The molecular weight excluding hydrogens is 454 g/mol. The quantitative estimate of drug-likeness (QED) is 0.213. The third-order valence-corrected chi connectivity index (χ3v) is 6.86. The van der Waals surface area contributed by atoms with Crippen LogP contribution in [0.5, 0.6) is 0 Å². The summed E-state index contributed by atoms with van der Waals surface area (Å²) in [7, 11) is 0. The fourth-order valence-electron chi connectivity index (χ4n) is 4.95. The van der Waals surface area contributed by atoms with Crippen molar-refractivity contribution in [2.24, 2.45) is 17.8 Å². The van der Waals surface area contributed by atoms with Crippen LogP contribution in [-0.2, 0) is 14.3 Å². The lowest BCUT2D eigenvalue weighted by atomic mass is 9.78. The zero-order valence-electron chi connectivity index (χ0n) is 19.8. The molecule has 1 fully saturated rings. The number of carbonyl (C=O) groups is 4. The zero-order chi connectivity index (χ0) is 25.2. The van der Waals surface area contributed by atoms with Crippen LogP contribution in [0.3, 0.4) is 0 Å². The molecule has 0 saturated carbocycles. The minimum absolute atomic E-state index is 0.0221. The molecule has 0 radical (unpaired) electrons. The van der Waals surface area contributed by atoms with Gasteiger partial charge in [-0.25, -0.2) is 4.79 Å². The number of ether oxygens (including phenoxy) is 1. The molecule has 0 bridgehead atoms. The topological polar surface area (TPSA) is 80.8 Å². The Balaban J connectivity index is 1.25. The predicted molar refractivity (Wildman–Crippen MR) is 135 cm³/mol. The van der Waals surface area contributed by atoms with Crippen molar-refractivity contribution in [2.45, 2.75) is 13.3 Å². The standard InChI is InChI=1S/C30H25NO5/c1-19-7-5-12-25-27(19)29(34)31(28(25)33)24-11-6-10-23(17-24)30(35)36-18-26(32)22-15-13-21(14-16-22)20-8-3-2-4-9-20/h2-11,13-17,19,25,27H,12,18H2,1H3/t19-,25-,27+/m1/s1. The normalized spacial score (nSPS) is 20.8. The molecule has 3 aromatic carbocycles. The summed E-state index contributed by atoms with van der Waals surface area (Å²) in [6.07, 6.45) is 4.45. The molecule has 6 heteroatoms. The van der Waals surface area contributed by atoms with Gasteiger partial charge in [0.25, 0.3) is 0 Å². The molecule has 1 heterocycles. The molecule has 180 valence electrons. The van der Waals surface area contributed by atoms with Crippen molar-refractivity contribution in [2.75, 3.05) is 11.5 Å². The van der Waals surface area contributed by atoms with Crippen LogP contribution in [0.1, 0.15) is 34.1 Å². The molecule has 2 aliphatic rings. The van der Waals surface area contributed by atoms with Crippen molar-refractivity contribution < 1.29 is 23.9 Å². The van der Waals surface area contributed by atoms with Gasteiger partial charge >= 0.3 is 5.97 Å². The van der Waals surface area contributed by atoms with Crippen molar-refractivity contribution >= 4 is 29.3 Å². The Morgan fingerprint density at radius 1 is 0.861 bits per heavy atom. The van der Waals surface area contributed by atoms with Crippen LogP contribution >= 0.6 is 0 Å². The second-order valence-corrected chi connectivity index (χ2v) is 9.16. The van der Waals surface area contributed by atoms with E-state index in [1.54, 1.807) is 24.3 Å². The van der Waals surface area contributed by atoms with E-state index in [2.05, 4.69) is 0 Å². The molecule has 0 unspecified atom stereocenters. The molecule has 1 aliphatic carbocycles. The lowest BCUT2D eigenvalue weighted by molar-refractivity contribution is -0.122. The van der Waals surface area contributed by atoms with Crippen LogP contribution < -0.4 is 4.90 Å². The number of imide groups is 1. The van der Waals surface area contributed by atoms with Gasteiger partial charge in [-0.1, -0.05) is 79.7 Å². The average molecular weight is 480 g/mol. The van der Waals surface area contributed by atoms with Crippen LogP contribution in [0.15, 0.2) is 91.0 Å². The Kier molecular flexibility index (Phi) is 6.34. The summed E-state index contributed by atoms with van der Waals surface area (Å²) in [6, 6.07) is 23.2. The van der Waals surface area contributed by atoms with Gasteiger partial charge in [-0.15, -0.1) is 0 Å². The number of amides is 2. The van der Waals surface area contributed by atoms with Gasteiger partial charge in [0.05, 0.1) is 23.1 Å². The number of fused-ring (bicyclic) bond motifs is 1. The van der Waals surface area contributed by atoms with Crippen molar-refractivity contribution in [3.05, 3.63) is 102 Å². The lowest BCUT2D eigenvalue weighted by Crippen LogP contribution is -2.31. The monoisotopic (exact) mass is 479 g/mol. The van der Waals surface area contributed by atoms with Crippen LogP contribution in [-0.4, -0.2) is 30.2 Å². The molecule has 0 spiro atoms. The second kappa shape index (κ2) is 9.74. The van der Waals surface area contributed by atoms with Crippen LogP contribution in [0.2, 0.25) is 0 Å². The summed E-state index contributed by atoms with van der Waals surface area (Å²) in [5.74, 6) is -2.30. The van der Waals surface area contributed by atoms with Crippen molar-refractivity contribution in [3.8, 4) is 11.1 Å². The van der Waals surface area contributed by atoms with E-state index in [1.807, 2.05) is 61.5 Å². The maximum absolute atomic E-state index is 13.0. The molecule has 6 nitrogen and oxygen atoms in total. The van der Waals surface area contributed by atoms with Gasteiger partial charge in [0.15, 0.2) is 12.4 Å². The minimum Gasteiger partial charge on any atom is -0.454 e. The van der Waals surface area contributed by atoms with Gasteiger partial charge in [0, 0.05) is 5.56 Å². The first-order chi connectivity index (χ1) is 17.4. The van der Waals surface area contributed by atoms with E-state index >= 15 is 0 Å². The second-order valence-electron chi connectivity index (χ2n) is 9.16. The Bertz CT molecular complexity index is 1360. The van der Waals surface area contributed by atoms with E-state index in [4.69, 9.17) is 4.74 Å². The number of benzene rings is 3. The first-order valence-corrected chi connectivity index (χ1v) is 11.9. The van der Waals surface area contributed by atoms with E-state index in [0.29, 0.717) is 17.7 Å². The highest BCUT2D eigenvalue weighted by atomic mass is 16.5. The van der Waals surface area contributed by atoms with E-state index in [1.165, 1.54) is 17.0 Å². The summed E-state index contributed by atoms with van der Waals surface area (Å²) < 4.78 is 5.26. The molecule has 0 aromatic heterocycles. The third kappa shape index (κ3) is 4.38. The summed E-state index contributed by atoms with van der Waals surface area (Å²) in [5.41, 5.74) is 2.97. The Morgan fingerprint density at radius 2 is 1.58 bits per heavy atom. The minimum atomic E-state index is -0.697. The van der Waals surface area contributed by atoms with E-state index in [0.717, 1.165) is 11.1 Å². The molecule has 1 saturated heterocycles. The van der Waals surface area contributed by atoms with Crippen LogP contribution in [0.25, 0.3) is 11.1 Å². The number of nitrogens with zero attached hydrogens (tertiary/aromatic N) is 1. The third-order valence-electron chi connectivity index (χ3n) is 6.86. The lowest BCUT2D eigenvalue weighted by Gasteiger charge is -2.22. The molecule has 36 heavy (non-hydrogen) atoms. The molecular formula is C30H25NO5. The molecule has 5 rings (SSSR count). The summed E-state index contributed by atoms with van der Waals surface area (Å²) >= 11 is 0. The van der Waals surface area contributed by atoms with Crippen LogP contribution in [0.4, 0.5) is 5.69 Å². The average Bonchev–Trinajstić information content (AvgIpc) is 3.18. The van der Waals surface area contributed by atoms with E-state index < -0.39 is 12.6 Å². The molecule has 3 aromatic rings. The number of allylic oxidation sites excluding steroid dienone is 2. The fourth-order valence-corrected chi connectivity index (χ4v) is 4.95. The molecule has 2 amide bonds. The summed E-state index contributed by atoms with van der Waals surface area (Å²) in [4.78, 5) is 52.5. The van der Waals surface area contributed by atoms with Gasteiger partial charge in [0.1, 0.15) is 0 Å². The Labute approximate surface area is 209 Å². The largest absolute Gasteiger partial charge is 0.454 e.